The standard InChI is InChI=1S/C20H19ClFN3O3/c1-20(10-9-13-5-3-2-4-6-13)18(27)25(19(28)24-20)12-17(26)23-16-11-14(21)7-8-15(16)22/h2-8,11H,9-10,12H2,1H3,(H,23,26)(H,24,28)/t20-/m0/s1. The Labute approximate surface area is 166 Å². The van der Waals surface area contributed by atoms with Gasteiger partial charge < -0.3 is 10.6 Å². The van der Waals surface area contributed by atoms with E-state index < -0.39 is 35.7 Å². The summed E-state index contributed by atoms with van der Waals surface area (Å²) in [6.07, 6.45) is 0.986. The van der Waals surface area contributed by atoms with Crippen LogP contribution in [-0.2, 0) is 16.0 Å². The molecular weight excluding hydrogens is 385 g/mol. The van der Waals surface area contributed by atoms with Gasteiger partial charge in [-0.25, -0.2) is 9.18 Å². The molecule has 0 aromatic heterocycles. The lowest BCUT2D eigenvalue weighted by Crippen LogP contribution is -2.45. The predicted molar refractivity (Wildman–Crippen MR) is 103 cm³/mol. The fraction of sp³-hybridized carbons (Fsp3) is 0.250. The number of imide groups is 1. The second kappa shape index (κ2) is 7.98. The Hall–Kier alpha value is -2.93. The number of hydrogen-bond acceptors (Lipinski definition) is 3. The number of carbonyl (C=O) groups excluding carboxylic acids is 3. The van der Waals surface area contributed by atoms with Crippen molar-refractivity contribution in [2.24, 2.45) is 0 Å². The zero-order valence-electron chi connectivity index (χ0n) is 15.2. The van der Waals surface area contributed by atoms with Crippen molar-refractivity contribution >= 4 is 35.1 Å². The number of hydrogen-bond donors (Lipinski definition) is 2. The summed E-state index contributed by atoms with van der Waals surface area (Å²) in [6, 6.07) is 12.7. The largest absolute Gasteiger partial charge is 0.325 e. The average molecular weight is 404 g/mol. The first-order chi connectivity index (χ1) is 13.3. The van der Waals surface area contributed by atoms with Crippen molar-refractivity contribution in [1.82, 2.24) is 10.2 Å². The number of nitrogens with zero attached hydrogens (tertiary/aromatic N) is 1. The summed E-state index contributed by atoms with van der Waals surface area (Å²) >= 11 is 5.79. The third-order valence-corrected chi connectivity index (χ3v) is 4.84. The van der Waals surface area contributed by atoms with Crippen LogP contribution in [0.4, 0.5) is 14.9 Å². The summed E-state index contributed by atoms with van der Waals surface area (Å²) in [5.41, 5.74) is -0.177. The maximum absolute atomic E-state index is 13.7. The van der Waals surface area contributed by atoms with Crippen molar-refractivity contribution in [2.45, 2.75) is 25.3 Å². The van der Waals surface area contributed by atoms with E-state index in [0.29, 0.717) is 12.8 Å². The minimum absolute atomic E-state index is 0.114. The summed E-state index contributed by atoms with van der Waals surface area (Å²) in [7, 11) is 0. The quantitative estimate of drug-likeness (QED) is 0.726. The molecule has 1 aliphatic heterocycles. The van der Waals surface area contributed by atoms with Crippen LogP contribution >= 0.6 is 11.6 Å². The topological polar surface area (TPSA) is 78.5 Å². The van der Waals surface area contributed by atoms with E-state index in [1.165, 1.54) is 12.1 Å². The summed E-state index contributed by atoms with van der Waals surface area (Å²) in [4.78, 5) is 38.0. The fourth-order valence-corrected chi connectivity index (χ4v) is 3.20. The van der Waals surface area contributed by atoms with Gasteiger partial charge in [0.15, 0.2) is 0 Å². The van der Waals surface area contributed by atoms with Gasteiger partial charge in [-0.1, -0.05) is 41.9 Å². The molecule has 4 amide bonds. The Kier molecular flexibility index (Phi) is 5.65. The van der Waals surface area contributed by atoms with Crippen molar-refractivity contribution in [3.63, 3.8) is 0 Å². The highest BCUT2D eigenvalue weighted by Crippen LogP contribution is 2.24. The van der Waals surface area contributed by atoms with Gasteiger partial charge in [0.1, 0.15) is 17.9 Å². The third-order valence-electron chi connectivity index (χ3n) is 4.61. The van der Waals surface area contributed by atoms with Crippen LogP contribution in [0, 0.1) is 5.82 Å². The van der Waals surface area contributed by atoms with Gasteiger partial charge in [0, 0.05) is 5.02 Å². The maximum Gasteiger partial charge on any atom is 0.325 e. The molecule has 1 atom stereocenters. The SMILES string of the molecule is C[C@@]1(CCc2ccccc2)NC(=O)N(CC(=O)Nc2cc(Cl)ccc2F)C1=O. The van der Waals surface area contributed by atoms with E-state index in [9.17, 15) is 18.8 Å². The van der Waals surface area contributed by atoms with Crippen molar-refractivity contribution in [1.29, 1.82) is 0 Å². The Bertz CT molecular complexity index is 922. The van der Waals surface area contributed by atoms with Gasteiger partial charge in [-0.05, 0) is 43.5 Å². The van der Waals surface area contributed by atoms with Gasteiger partial charge in [0.2, 0.25) is 5.91 Å². The molecule has 3 rings (SSSR count). The number of halogens is 2. The monoisotopic (exact) mass is 403 g/mol. The van der Waals surface area contributed by atoms with Crippen molar-refractivity contribution in [3.8, 4) is 0 Å². The minimum Gasteiger partial charge on any atom is -0.323 e. The number of amides is 4. The molecular formula is C20H19ClFN3O3. The van der Waals surface area contributed by atoms with Crippen LogP contribution in [-0.4, -0.2) is 34.8 Å². The van der Waals surface area contributed by atoms with Gasteiger partial charge >= 0.3 is 6.03 Å². The van der Waals surface area contributed by atoms with E-state index in [-0.39, 0.29) is 10.7 Å². The lowest BCUT2D eigenvalue weighted by Gasteiger charge is -2.21. The average Bonchev–Trinajstić information content (AvgIpc) is 2.87. The lowest BCUT2D eigenvalue weighted by molar-refractivity contribution is -0.133. The molecule has 1 saturated heterocycles. The molecule has 8 heteroatoms. The van der Waals surface area contributed by atoms with Crippen LogP contribution in [0.25, 0.3) is 0 Å². The van der Waals surface area contributed by atoms with Crippen LogP contribution in [0.5, 0.6) is 0 Å². The first-order valence-electron chi connectivity index (χ1n) is 8.71. The predicted octanol–water partition coefficient (Wildman–Crippen LogP) is 3.36. The molecule has 1 fully saturated rings. The highest BCUT2D eigenvalue weighted by Gasteiger charge is 2.47. The zero-order valence-corrected chi connectivity index (χ0v) is 15.9. The molecule has 0 radical (unpaired) electrons. The van der Waals surface area contributed by atoms with Crippen molar-refractivity contribution < 1.29 is 18.8 Å². The van der Waals surface area contributed by atoms with Crippen LogP contribution in [0.15, 0.2) is 48.5 Å². The Morgan fingerprint density at radius 3 is 2.64 bits per heavy atom. The van der Waals surface area contributed by atoms with Gasteiger partial charge in [-0.3, -0.25) is 14.5 Å². The smallest absolute Gasteiger partial charge is 0.323 e. The van der Waals surface area contributed by atoms with Gasteiger partial charge in [-0.15, -0.1) is 0 Å². The van der Waals surface area contributed by atoms with E-state index in [0.717, 1.165) is 16.5 Å². The lowest BCUT2D eigenvalue weighted by atomic mass is 9.93. The minimum atomic E-state index is -1.10. The van der Waals surface area contributed by atoms with Crippen molar-refractivity contribution in [2.75, 3.05) is 11.9 Å². The zero-order chi connectivity index (χ0) is 20.3. The molecule has 0 bridgehead atoms. The normalized spacial score (nSPS) is 18.9. The first-order valence-corrected chi connectivity index (χ1v) is 9.09. The van der Waals surface area contributed by atoms with Gasteiger partial charge in [0.25, 0.3) is 5.91 Å². The second-order valence-electron chi connectivity index (χ2n) is 6.81. The molecule has 6 nitrogen and oxygen atoms in total. The van der Waals surface area contributed by atoms with Crippen LogP contribution in [0.1, 0.15) is 18.9 Å². The molecule has 146 valence electrons. The van der Waals surface area contributed by atoms with Crippen LogP contribution in [0.3, 0.4) is 0 Å². The Balaban J connectivity index is 1.64. The molecule has 0 aliphatic carbocycles. The summed E-state index contributed by atoms with van der Waals surface area (Å²) < 4.78 is 13.7. The molecule has 0 spiro atoms. The van der Waals surface area contributed by atoms with Crippen LogP contribution < -0.4 is 10.6 Å². The summed E-state index contributed by atoms with van der Waals surface area (Å²) in [5, 5.41) is 5.23. The molecule has 1 heterocycles. The van der Waals surface area contributed by atoms with E-state index in [2.05, 4.69) is 10.6 Å². The summed E-state index contributed by atoms with van der Waals surface area (Å²) in [5.74, 6) is -1.85. The van der Waals surface area contributed by atoms with Gasteiger partial charge in [-0.2, -0.15) is 0 Å². The van der Waals surface area contributed by atoms with E-state index in [1.54, 1.807) is 6.92 Å². The summed E-state index contributed by atoms with van der Waals surface area (Å²) in [6.45, 7) is 1.11. The van der Waals surface area contributed by atoms with E-state index in [1.807, 2.05) is 30.3 Å². The Morgan fingerprint density at radius 2 is 1.93 bits per heavy atom. The molecule has 28 heavy (non-hydrogen) atoms. The molecule has 0 unspecified atom stereocenters. The molecule has 2 N–H and O–H groups in total. The molecule has 2 aromatic carbocycles. The molecule has 0 saturated carbocycles. The molecule has 1 aliphatic rings. The van der Waals surface area contributed by atoms with E-state index in [4.69, 9.17) is 11.6 Å². The number of anilines is 1. The van der Waals surface area contributed by atoms with E-state index >= 15 is 0 Å². The number of carbonyl (C=O) groups is 3. The number of benzene rings is 2. The van der Waals surface area contributed by atoms with Crippen molar-refractivity contribution in [3.05, 3.63) is 64.9 Å². The first kappa shape index (κ1) is 19.8. The second-order valence-corrected chi connectivity index (χ2v) is 7.25. The van der Waals surface area contributed by atoms with Crippen LogP contribution in [0.2, 0.25) is 5.02 Å². The number of nitrogens with one attached hydrogen (secondary N) is 2. The number of aryl methyl sites for hydroxylation is 1. The highest BCUT2D eigenvalue weighted by molar-refractivity contribution is 6.30. The molecule has 2 aromatic rings. The number of rotatable bonds is 6. The maximum atomic E-state index is 13.7. The third kappa shape index (κ3) is 4.31. The fourth-order valence-electron chi connectivity index (χ4n) is 3.03. The van der Waals surface area contributed by atoms with Gasteiger partial charge in [0.05, 0.1) is 5.69 Å². The highest BCUT2D eigenvalue weighted by atomic mass is 35.5. The Morgan fingerprint density at radius 1 is 1.21 bits per heavy atom. The number of urea groups is 1.